The highest BCUT2D eigenvalue weighted by Gasteiger charge is 2.24. The van der Waals surface area contributed by atoms with E-state index < -0.39 is 3.12 Å². The fourth-order valence-electron chi connectivity index (χ4n) is 1.22. The molecule has 0 amide bonds. The van der Waals surface area contributed by atoms with E-state index in [1.807, 2.05) is 18.2 Å². The van der Waals surface area contributed by atoms with Crippen molar-refractivity contribution in [1.29, 1.82) is 0 Å². The highest BCUT2D eigenvalue weighted by Crippen LogP contribution is 2.38. The summed E-state index contributed by atoms with van der Waals surface area (Å²) < 4.78 is 0.767. The summed E-state index contributed by atoms with van der Waals surface area (Å²) in [6.45, 7) is 0. The van der Waals surface area contributed by atoms with E-state index in [-0.39, 0.29) is 5.69 Å². The maximum atomic E-state index is 11.9. The number of hydrogen-bond acceptors (Lipinski definition) is 3. The quantitative estimate of drug-likeness (QED) is 0.801. The monoisotopic (exact) mass is 309 g/mol. The first-order valence-corrected chi connectivity index (χ1v) is 6.36. The Bertz CT molecular complexity index is 561. The van der Waals surface area contributed by atoms with Crippen molar-refractivity contribution in [2.24, 2.45) is 0 Å². The molecule has 2 rings (SSSR count). The van der Waals surface area contributed by atoms with Crippen LogP contribution in [0.5, 0.6) is 0 Å². The van der Waals surface area contributed by atoms with Crippen molar-refractivity contribution in [2.75, 3.05) is 0 Å². The number of halogens is 3. The van der Waals surface area contributed by atoms with Gasteiger partial charge in [0.1, 0.15) is 6.33 Å². The molecule has 0 bridgehead atoms. The Morgan fingerprint density at radius 3 is 2.41 bits per heavy atom. The fraction of sp³-hybridized carbons (Fsp3) is 0.111. The van der Waals surface area contributed by atoms with Gasteiger partial charge < -0.3 is 0 Å². The van der Waals surface area contributed by atoms with E-state index in [2.05, 4.69) is 5.10 Å². The highest BCUT2D eigenvalue weighted by atomic mass is 35.6. The smallest absolute Gasteiger partial charge is 0.249 e. The molecule has 0 saturated heterocycles. The minimum Gasteiger partial charge on any atom is -0.249 e. The van der Waals surface area contributed by atoms with Gasteiger partial charge in [0.25, 0.3) is 3.12 Å². The van der Waals surface area contributed by atoms with Gasteiger partial charge in [-0.3, -0.25) is 0 Å². The molecule has 0 aliphatic carbocycles. The standard InChI is InChI=1S/C9H6Cl3N3OS/c10-9(11,12)17-15-8(16)14(6-13-15)7-4-2-1-3-5-7/h1-6H. The summed E-state index contributed by atoms with van der Waals surface area (Å²) in [5.74, 6) is 0. The van der Waals surface area contributed by atoms with Crippen molar-refractivity contribution in [2.45, 2.75) is 3.12 Å². The molecule has 1 aromatic carbocycles. The molecule has 90 valence electrons. The predicted octanol–water partition coefficient (Wildman–Crippen LogP) is 2.86. The number of rotatable bonds is 2. The average molecular weight is 311 g/mol. The molecule has 0 aliphatic heterocycles. The van der Waals surface area contributed by atoms with Gasteiger partial charge >= 0.3 is 5.69 Å². The van der Waals surface area contributed by atoms with E-state index >= 15 is 0 Å². The number of para-hydroxylation sites is 1. The molecule has 0 atom stereocenters. The van der Waals surface area contributed by atoms with Crippen molar-refractivity contribution >= 4 is 46.8 Å². The Balaban J connectivity index is 2.38. The number of alkyl halides is 3. The minimum atomic E-state index is -1.63. The van der Waals surface area contributed by atoms with Gasteiger partial charge in [0, 0.05) is 11.9 Å². The molecule has 0 spiro atoms. The van der Waals surface area contributed by atoms with Crippen molar-refractivity contribution < 1.29 is 0 Å². The first-order valence-electron chi connectivity index (χ1n) is 4.46. The lowest BCUT2D eigenvalue weighted by Gasteiger charge is -2.07. The molecule has 1 aromatic heterocycles. The van der Waals surface area contributed by atoms with E-state index in [4.69, 9.17) is 34.8 Å². The van der Waals surface area contributed by atoms with Crippen LogP contribution >= 0.6 is 46.8 Å². The second kappa shape index (κ2) is 4.94. The van der Waals surface area contributed by atoms with Crippen LogP contribution in [-0.2, 0) is 0 Å². The second-order valence-corrected chi connectivity index (χ2v) is 7.12. The van der Waals surface area contributed by atoms with Gasteiger partial charge in [-0.15, -0.1) is 9.19 Å². The van der Waals surface area contributed by atoms with Gasteiger partial charge in [-0.2, -0.15) is 0 Å². The average Bonchev–Trinajstić information content (AvgIpc) is 2.60. The van der Waals surface area contributed by atoms with E-state index in [1.165, 1.54) is 10.9 Å². The maximum Gasteiger partial charge on any atom is 0.361 e. The van der Waals surface area contributed by atoms with Crippen molar-refractivity contribution in [3.05, 3.63) is 47.1 Å². The Labute approximate surface area is 116 Å². The van der Waals surface area contributed by atoms with Crippen LogP contribution in [0.3, 0.4) is 0 Å². The summed E-state index contributed by atoms with van der Waals surface area (Å²) >= 11 is 17.5. The summed E-state index contributed by atoms with van der Waals surface area (Å²) in [6, 6.07) is 9.07. The highest BCUT2D eigenvalue weighted by molar-refractivity contribution is 8.03. The van der Waals surface area contributed by atoms with Crippen LogP contribution < -0.4 is 5.69 Å². The lowest BCUT2D eigenvalue weighted by Crippen LogP contribution is -2.22. The van der Waals surface area contributed by atoms with Crippen molar-refractivity contribution in [3.63, 3.8) is 0 Å². The largest absolute Gasteiger partial charge is 0.361 e. The van der Waals surface area contributed by atoms with Crippen molar-refractivity contribution in [1.82, 2.24) is 13.8 Å². The Kier molecular flexibility index (Phi) is 3.73. The Morgan fingerprint density at radius 2 is 1.82 bits per heavy atom. The van der Waals surface area contributed by atoms with Gasteiger partial charge in [-0.05, 0) is 12.1 Å². The summed E-state index contributed by atoms with van der Waals surface area (Å²) in [6.07, 6.45) is 1.38. The summed E-state index contributed by atoms with van der Waals surface area (Å²) in [4.78, 5) is 11.9. The van der Waals surface area contributed by atoms with Crippen LogP contribution in [0.1, 0.15) is 0 Å². The fourth-order valence-corrected chi connectivity index (χ4v) is 2.26. The molecule has 2 aromatic rings. The lowest BCUT2D eigenvalue weighted by atomic mass is 10.3. The molecular weight excluding hydrogens is 305 g/mol. The SMILES string of the molecule is O=c1n(-c2ccccc2)cnn1SC(Cl)(Cl)Cl. The normalized spacial score (nSPS) is 11.7. The lowest BCUT2D eigenvalue weighted by molar-refractivity contribution is 0.936. The minimum absolute atomic E-state index is 0.382. The first kappa shape index (κ1) is 12.8. The molecule has 8 heteroatoms. The molecule has 0 unspecified atom stereocenters. The van der Waals surface area contributed by atoms with Crippen LogP contribution in [-0.4, -0.2) is 16.9 Å². The van der Waals surface area contributed by atoms with E-state index in [9.17, 15) is 4.79 Å². The molecule has 0 saturated carbocycles. The van der Waals surface area contributed by atoms with Crippen molar-refractivity contribution in [3.8, 4) is 5.69 Å². The summed E-state index contributed by atoms with van der Waals surface area (Å²) in [7, 11) is 0. The van der Waals surface area contributed by atoms with Gasteiger partial charge in [0.2, 0.25) is 0 Å². The zero-order valence-electron chi connectivity index (χ0n) is 8.26. The van der Waals surface area contributed by atoms with E-state index in [1.54, 1.807) is 12.1 Å². The number of aromatic nitrogens is 3. The zero-order chi connectivity index (χ0) is 12.5. The van der Waals surface area contributed by atoms with E-state index in [0.717, 1.165) is 4.09 Å². The molecule has 0 radical (unpaired) electrons. The Hall–Kier alpha value is -0.620. The zero-order valence-corrected chi connectivity index (χ0v) is 11.3. The van der Waals surface area contributed by atoms with Gasteiger partial charge in [0.05, 0.1) is 5.69 Å². The number of hydrogen-bond donors (Lipinski definition) is 0. The molecule has 0 aliphatic rings. The molecule has 17 heavy (non-hydrogen) atoms. The third kappa shape index (κ3) is 3.19. The van der Waals surface area contributed by atoms with Crippen LogP contribution in [0.2, 0.25) is 0 Å². The van der Waals surface area contributed by atoms with Gasteiger partial charge in [-0.25, -0.2) is 9.36 Å². The summed E-state index contributed by atoms with van der Waals surface area (Å²) in [5, 5.41) is 3.85. The molecule has 0 N–H and O–H groups in total. The number of benzene rings is 1. The van der Waals surface area contributed by atoms with Gasteiger partial charge in [0.15, 0.2) is 0 Å². The molecule has 1 heterocycles. The van der Waals surface area contributed by atoms with Crippen LogP contribution in [0.4, 0.5) is 0 Å². The second-order valence-electron chi connectivity index (χ2n) is 3.03. The predicted molar refractivity (Wildman–Crippen MR) is 71.1 cm³/mol. The molecule has 0 fully saturated rings. The summed E-state index contributed by atoms with van der Waals surface area (Å²) in [5.41, 5.74) is 0.321. The first-order chi connectivity index (χ1) is 7.97. The van der Waals surface area contributed by atoms with Crippen LogP contribution in [0.25, 0.3) is 5.69 Å². The third-order valence-corrected chi connectivity index (χ3v) is 3.12. The molecular formula is C9H6Cl3N3OS. The third-order valence-electron chi connectivity index (χ3n) is 1.87. The van der Waals surface area contributed by atoms with Crippen LogP contribution in [0.15, 0.2) is 41.5 Å². The van der Waals surface area contributed by atoms with E-state index in [0.29, 0.717) is 17.6 Å². The molecule has 4 nitrogen and oxygen atoms in total. The maximum absolute atomic E-state index is 11.9. The van der Waals surface area contributed by atoms with Crippen LogP contribution in [0, 0.1) is 0 Å². The topological polar surface area (TPSA) is 39.8 Å². The Morgan fingerprint density at radius 1 is 1.18 bits per heavy atom. The van der Waals surface area contributed by atoms with Gasteiger partial charge in [-0.1, -0.05) is 53.0 Å². The number of nitrogens with zero attached hydrogens (tertiary/aromatic N) is 3.